The molecule has 0 aliphatic carbocycles. The van der Waals surface area contributed by atoms with Gasteiger partial charge < -0.3 is 9.32 Å². The number of hydrogen-bond donors (Lipinski definition) is 1. The van der Waals surface area contributed by atoms with E-state index in [4.69, 9.17) is 4.42 Å². The Morgan fingerprint density at radius 1 is 1.27 bits per heavy atom. The van der Waals surface area contributed by atoms with Crippen molar-refractivity contribution in [1.29, 1.82) is 0 Å². The van der Waals surface area contributed by atoms with Crippen LogP contribution in [0.15, 0.2) is 53.1 Å². The number of nitrogens with one attached hydrogen (secondary N) is 1. The van der Waals surface area contributed by atoms with Gasteiger partial charge in [0, 0.05) is 35.7 Å². The Kier molecular flexibility index (Phi) is 4.79. The second kappa shape index (κ2) is 7.37. The highest BCUT2D eigenvalue weighted by Crippen LogP contribution is 2.35. The van der Waals surface area contributed by atoms with Crippen LogP contribution in [0, 0.1) is 5.82 Å². The lowest BCUT2D eigenvalue weighted by atomic mass is 10.1. The number of carbonyl (C=O) groups is 1. The first-order valence-electron chi connectivity index (χ1n) is 8.47. The Bertz CT molecular complexity index is 894. The van der Waals surface area contributed by atoms with Gasteiger partial charge in [0.2, 0.25) is 0 Å². The van der Waals surface area contributed by atoms with Crippen LogP contribution in [0.5, 0.6) is 0 Å². The zero-order chi connectivity index (χ0) is 17.9. The zero-order valence-corrected chi connectivity index (χ0v) is 14.8. The van der Waals surface area contributed by atoms with E-state index in [1.807, 2.05) is 18.2 Å². The summed E-state index contributed by atoms with van der Waals surface area (Å²) >= 11 is 1.69. The van der Waals surface area contributed by atoms with Crippen molar-refractivity contribution in [2.24, 2.45) is 0 Å². The molecule has 1 fully saturated rings. The SMILES string of the molecule is O=C(c1cc(-c2ccco2)[nH]n1)N1CCSC(c2ccccc2F)CC1. The minimum absolute atomic E-state index is 0.0619. The molecule has 7 heteroatoms. The molecule has 0 saturated carbocycles. The number of aromatic nitrogens is 2. The van der Waals surface area contributed by atoms with E-state index in [1.165, 1.54) is 6.07 Å². The van der Waals surface area contributed by atoms with Crippen molar-refractivity contribution in [3.63, 3.8) is 0 Å². The normalized spacial score (nSPS) is 17.9. The first-order valence-corrected chi connectivity index (χ1v) is 9.52. The number of rotatable bonds is 3. The van der Waals surface area contributed by atoms with Gasteiger partial charge in [0.05, 0.1) is 6.26 Å². The maximum absolute atomic E-state index is 14.0. The van der Waals surface area contributed by atoms with Crippen molar-refractivity contribution < 1.29 is 13.6 Å². The Labute approximate surface area is 154 Å². The van der Waals surface area contributed by atoms with E-state index in [0.29, 0.717) is 42.2 Å². The fourth-order valence-electron chi connectivity index (χ4n) is 3.11. The first-order chi connectivity index (χ1) is 12.7. The number of thioether (sulfide) groups is 1. The monoisotopic (exact) mass is 371 g/mol. The molecule has 1 aromatic carbocycles. The average Bonchev–Trinajstić information content (AvgIpc) is 3.29. The molecule has 3 aromatic rings. The molecule has 1 unspecified atom stereocenters. The number of benzene rings is 1. The molecule has 2 aromatic heterocycles. The van der Waals surface area contributed by atoms with Crippen LogP contribution in [0.1, 0.15) is 27.7 Å². The minimum atomic E-state index is -0.180. The predicted molar refractivity (Wildman–Crippen MR) is 98.4 cm³/mol. The van der Waals surface area contributed by atoms with E-state index in [9.17, 15) is 9.18 Å². The summed E-state index contributed by atoms with van der Waals surface area (Å²) < 4.78 is 19.4. The molecule has 1 saturated heterocycles. The number of amides is 1. The summed E-state index contributed by atoms with van der Waals surface area (Å²) in [5.41, 5.74) is 1.75. The van der Waals surface area contributed by atoms with Gasteiger partial charge in [0.15, 0.2) is 11.5 Å². The van der Waals surface area contributed by atoms with Crippen molar-refractivity contribution in [1.82, 2.24) is 15.1 Å². The summed E-state index contributed by atoms with van der Waals surface area (Å²) in [7, 11) is 0. The molecule has 1 amide bonds. The second-order valence-electron chi connectivity index (χ2n) is 6.11. The van der Waals surface area contributed by atoms with E-state index in [2.05, 4.69) is 10.2 Å². The number of H-pyrrole nitrogens is 1. The van der Waals surface area contributed by atoms with Gasteiger partial charge >= 0.3 is 0 Å². The lowest BCUT2D eigenvalue weighted by Gasteiger charge is -2.19. The molecular formula is C19H18FN3O2S. The lowest BCUT2D eigenvalue weighted by Crippen LogP contribution is -2.33. The van der Waals surface area contributed by atoms with E-state index in [-0.39, 0.29) is 17.0 Å². The zero-order valence-electron chi connectivity index (χ0n) is 14.0. The fraction of sp³-hybridized carbons (Fsp3) is 0.263. The average molecular weight is 371 g/mol. The Hall–Kier alpha value is -2.54. The van der Waals surface area contributed by atoms with Gasteiger partial charge in [-0.25, -0.2) is 4.39 Å². The van der Waals surface area contributed by atoms with E-state index in [1.54, 1.807) is 41.1 Å². The Balaban J connectivity index is 1.46. The number of hydrogen-bond acceptors (Lipinski definition) is 4. The maximum atomic E-state index is 14.0. The molecule has 1 aliphatic heterocycles. The van der Waals surface area contributed by atoms with Crippen molar-refractivity contribution in [2.45, 2.75) is 11.7 Å². The van der Waals surface area contributed by atoms with E-state index < -0.39 is 0 Å². The van der Waals surface area contributed by atoms with Crippen LogP contribution in [-0.2, 0) is 0 Å². The van der Waals surface area contributed by atoms with Gasteiger partial charge in [0.1, 0.15) is 11.5 Å². The number of aromatic amines is 1. The standard InChI is InChI=1S/C19H18FN3O2S/c20-14-5-2-1-4-13(14)18-7-8-23(9-11-26-18)19(24)16-12-15(21-22-16)17-6-3-10-25-17/h1-6,10,12,18H,7-9,11H2,(H,21,22). The minimum Gasteiger partial charge on any atom is -0.463 e. The summed E-state index contributed by atoms with van der Waals surface area (Å²) in [4.78, 5) is 14.6. The van der Waals surface area contributed by atoms with Crippen LogP contribution < -0.4 is 0 Å². The Morgan fingerprint density at radius 2 is 2.15 bits per heavy atom. The quantitative estimate of drug-likeness (QED) is 0.752. The van der Waals surface area contributed by atoms with Crippen molar-refractivity contribution in [3.05, 3.63) is 65.8 Å². The maximum Gasteiger partial charge on any atom is 0.274 e. The molecule has 26 heavy (non-hydrogen) atoms. The number of halogens is 1. The molecule has 3 heterocycles. The van der Waals surface area contributed by atoms with Crippen molar-refractivity contribution >= 4 is 17.7 Å². The molecule has 0 radical (unpaired) electrons. The lowest BCUT2D eigenvalue weighted by molar-refractivity contribution is 0.0760. The number of carbonyl (C=O) groups excluding carboxylic acids is 1. The van der Waals surface area contributed by atoms with Gasteiger partial charge in [-0.15, -0.1) is 0 Å². The molecule has 1 N–H and O–H groups in total. The third-order valence-corrected chi connectivity index (χ3v) is 5.77. The molecule has 4 rings (SSSR count). The van der Waals surface area contributed by atoms with Crippen molar-refractivity contribution in [2.75, 3.05) is 18.8 Å². The summed E-state index contributed by atoms with van der Waals surface area (Å²) in [6.45, 7) is 1.20. The van der Waals surface area contributed by atoms with E-state index in [0.717, 1.165) is 5.75 Å². The molecule has 1 atom stereocenters. The molecule has 0 spiro atoms. The summed E-state index contributed by atoms with van der Waals surface area (Å²) in [5, 5.41) is 7.03. The first kappa shape index (κ1) is 16.9. The topological polar surface area (TPSA) is 62.1 Å². The van der Waals surface area contributed by atoms with E-state index >= 15 is 0 Å². The molecule has 5 nitrogen and oxygen atoms in total. The molecule has 1 aliphatic rings. The number of nitrogens with zero attached hydrogens (tertiary/aromatic N) is 2. The predicted octanol–water partition coefficient (Wildman–Crippen LogP) is 4.13. The molecular weight excluding hydrogens is 353 g/mol. The fourth-order valence-corrected chi connectivity index (χ4v) is 4.36. The third kappa shape index (κ3) is 3.39. The summed E-state index contributed by atoms with van der Waals surface area (Å²) in [5.74, 6) is 1.11. The van der Waals surface area contributed by atoms with Crippen LogP contribution in [0.25, 0.3) is 11.5 Å². The van der Waals surface area contributed by atoms with Crippen LogP contribution in [0.4, 0.5) is 4.39 Å². The van der Waals surface area contributed by atoms with Gasteiger partial charge in [-0.2, -0.15) is 16.9 Å². The summed E-state index contributed by atoms with van der Waals surface area (Å²) in [6, 6.07) is 12.2. The highest BCUT2D eigenvalue weighted by Gasteiger charge is 2.25. The highest BCUT2D eigenvalue weighted by molar-refractivity contribution is 7.99. The van der Waals surface area contributed by atoms with Crippen LogP contribution in [-0.4, -0.2) is 39.8 Å². The second-order valence-corrected chi connectivity index (χ2v) is 7.42. The molecule has 0 bridgehead atoms. The Morgan fingerprint density at radius 3 is 2.96 bits per heavy atom. The molecule has 134 valence electrons. The smallest absolute Gasteiger partial charge is 0.274 e. The van der Waals surface area contributed by atoms with Crippen LogP contribution in [0.2, 0.25) is 0 Å². The third-order valence-electron chi connectivity index (χ3n) is 4.46. The van der Waals surface area contributed by atoms with Gasteiger partial charge in [-0.1, -0.05) is 18.2 Å². The summed E-state index contributed by atoms with van der Waals surface area (Å²) in [6.07, 6.45) is 2.29. The highest BCUT2D eigenvalue weighted by atomic mass is 32.2. The largest absolute Gasteiger partial charge is 0.463 e. The van der Waals surface area contributed by atoms with Crippen molar-refractivity contribution in [3.8, 4) is 11.5 Å². The van der Waals surface area contributed by atoms with Crippen LogP contribution >= 0.6 is 11.8 Å². The van der Waals surface area contributed by atoms with Gasteiger partial charge in [0.25, 0.3) is 5.91 Å². The van der Waals surface area contributed by atoms with Gasteiger partial charge in [-0.3, -0.25) is 9.89 Å². The van der Waals surface area contributed by atoms with Gasteiger partial charge in [-0.05, 0) is 24.6 Å². The number of furan rings is 1. The van der Waals surface area contributed by atoms with Crippen LogP contribution in [0.3, 0.4) is 0 Å².